The van der Waals surface area contributed by atoms with Crippen molar-refractivity contribution >= 4 is 72.6 Å². The van der Waals surface area contributed by atoms with E-state index in [-0.39, 0.29) is 0 Å². The van der Waals surface area contributed by atoms with E-state index in [9.17, 15) is 0 Å². The van der Waals surface area contributed by atoms with Crippen LogP contribution in [0.3, 0.4) is 0 Å². The smallest absolute Gasteiger partial charge is 0.162 e. The van der Waals surface area contributed by atoms with Gasteiger partial charge in [0, 0.05) is 21.9 Å². The lowest BCUT2D eigenvalue weighted by Crippen LogP contribution is -2.08. The maximum absolute atomic E-state index is 6.42. The fourth-order valence-corrected chi connectivity index (χ4v) is 7.75. The number of aliphatic imine (C=N–C) groups is 3. The van der Waals surface area contributed by atoms with E-state index in [0.717, 1.165) is 66.9 Å². The van der Waals surface area contributed by atoms with Gasteiger partial charge in [0.25, 0.3) is 0 Å². The zero-order valence-electron chi connectivity index (χ0n) is 31.5. The van der Waals surface area contributed by atoms with Crippen LogP contribution in [0.5, 0.6) is 0 Å². The zero-order chi connectivity index (χ0) is 38.6. The molecule has 272 valence electrons. The molecule has 0 aliphatic rings. The van der Waals surface area contributed by atoms with Crippen LogP contribution in [-0.2, 0) is 13.0 Å². The van der Waals surface area contributed by atoms with E-state index in [1.54, 1.807) is 6.08 Å². The molecular weight excluding hydrogens is 695 g/mol. The number of allylic oxidation sites excluding steroid dienone is 5. The van der Waals surface area contributed by atoms with Crippen molar-refractivity contribution in [3.8, 4) is 11.1 Å². The molecule has 8 aromatic carbocycles. The summed E-state index contributed by atoms with van der Waals surface area (Å²) in [5.74, 6) is 1.04. The van der Waals surface area contributed by atoms with Crippen LogP contribution in [-0.4, -0.2) is 18.4 Å². The van der Waals surface area contributed by atoms with Crippen LogP contribution in [0, 0.1) is 0 Å². The molecule has 57 heavy (non-hydrogen) atoms. The summed E-state index contributed by atoms with van der Waals surface area (Å²) < 4.78 is 6.42. The lowest BCUT2D eigenvalue weighted by molar-refractivity contribution is 0.669. The topological polar surface area (TPSA) is 50.2 Å². The highest BCUT2D eigenvalue weighted by atomic mass is 16.3. The van der Waals surface area contributed by atoms with Gasteiger partial charge in [0.05, 0.1) is 6.54 Å². The number of furan rings is 1. The standard InChI is InChI=1S/C53H39N3O/c1-3-4-5-6-7-16-36-25-27-38(28-26-36)45-31-32-49-50(47-23-14-15-24-48(47)57-49)51(45)53(54-2)56-52(41-30-29-37-17-8-9-18-39(37)33-41)55-35-42-34-40-19-10-11-20-43(40)46-22-13-12-21-44(42)46/h3-15,17-34H,1-2,16,35H2/b5-4-,7-6-,55-52-,56-53-. The Morgan fingerprint density at radius 2 is 1.30 bits per heavy atom. The molecule has 0 fully saturated rings. The number of amidine groups is 2. The predicted molar refractivity (Wildman–Crippen MR) is 243 cm³/mol. The molecule has 0 amide bonds. The molecule has 0 N–H and O–H groups in total. The Labute approximate surface area is 331 Å². The van der Waals surface area contributed by atoms with E-state index in [1.807, 2.05) is 42.5 Å². The van der Waals surface area contributed by atoms with Gasteiger partial charge in [-0.05, 0) is 98.0 Å². The van der Waals surface area contributed by atoms with Crippen LogP contribution in [0.4, 0.5) is 0 Å². The Balaban J connectivity index is 1.23. The van der Waals surface area contributed by atoms with E-state index in [0.29, 0.717) is 18.2 Å². The third-order valence-corrected chi connectivity index (χ3v) is 10.5. The second kappa shape index (κ2) is 15.7. The van der Waals surface area contributed by atoms with Crippen molar-refractivity contribution in [2.75, 3.05) is 0 Å². The van der Waals surface area contributed by atoms with Gasteiger partial charge >= 0.3 is 0 Å². The molecule has 4 nitrogen and oxygen atoms in total. The second-order valence-electron chi connectivity index (χ2n) is 14.0. The average Bonchev–Trinajstić information content (AvgIpc) is 3.65. The largest absolute Gasteiger partial charge is 0.456 e. The summed E-state index contributed by atoms with van der Waals surface area (Å²) in [5, 5.41) is 8.97. The minimum Gasteiger partial charge on any atom is -0.456 e. The first kappa shape index (κ1) is 35.3. The first-order valence-corrected chi connectivity index (χ1v) is 19.1. The number of fused-ring (bicyclic) bond motifs is 7. The highest BCUT2D eigenvalue weighted by Gasteiger charge is 2.21. The minimum atomic E-state index is 0.423. The molecule has 0 saturated carbocycles. The lowest BCUT2D eigenvalue weighted by atomic mass is 9.93. The summed E-state index contributed by atoms with van der Waals surface area (Å²) in [7, 11) is 0. The van der Waals surface area contributed by atoms with Crippen LogP contribution in [0.1, 0.15) is 22.3 Å². The van der Waals surface area contributed by atoms with Gasteiger partial charge in [-0.15, -0.1) is 0 Å². The maximum atomic E-state index is 6.42. The van der Waals surface area contributed by atoms with Gasteiger partial charge in [-0.1, -0.05) is 164 Å². The van der Waals surface area contributed by atoms with Crippen LogP contribution < -0.4 is 0 Å². The average molecular weight is 734 g/mol. The molecular formula is C53H39N3O. The third-order valence-electron chi connectivity index (χ3n) is 10.5. The fraction of sp³-hybridized carbons (Fsp3) is 0.0377. The molecule has 0 spiro atoms. The first-order chi connectivity index (χ1) is 28.2. The van der Waals surface area contributed by atoms with Crippen LogP contribution >= 0.6 is 0 Å². The number of benzene rings is 8. The van der Waals surface area contributed by atoms with Crippen molar-refractivity contribution in [3.05, 3.63) is 217 Å². The summed E-state index contributed by atoms with van der Waals surface area (Å²) in [6.45, 7) is 8.28. The third kappa shape index (κ3) is 7.01. The molecule has 9 rings (SSSR count). The molecule has 1 heterocycles. The van der Waals surface area contributed by atoms with Gasteiger partial charge in [0.1, 0.15) is 11.2 Å². The van der Waals surface area contributed by atoms with Gasteiger partial charge in [0.2, 0.25) is 0 Å². The number of nitrogens with zero attached hydrogens (tertiary/aromatic N) is 3. The molecule has 1 aromatic heterocycles. The van der Waals surface area contributed by atoms with Gasteiger partial charge in [-0.25, -0.2) is 9.98 Å². The van der Waals surface area contributed by atoms with Crippen molar-refractivity contribution in [2.24, 2.45) is 15.0 Å². The predicted octanol–water partition coefficient (Wildman–Crippen LogP) is 13.6. The number of para-hydroxylation sites is 1. The SMILES string of the molecule is C=C/C=C\C=C/Cc1ccc(-c2ccc3oc4ccccc4c3c2/C(N=C)=N/C(=N\Cc2cc3ccccc3c3ccccc23)c2ccc3ccccc3c2)cc1. The van der Waals surface area contributed by atoms with Gasteiger partial charge in [-0.3, -0.25) is 4.99 Å². The molecule has 4 heteroatoms. The Morgan fingerprint density at radius 1 is 0.579 bits per heavy atom. The summed E-state index contributed by atoms with van der Waals surface area (Å²) >= 11 is 0. The normalized spacial score (nSPS) is 12.6. The van der Waals surface area contributed by atoms with E-state index < -0.39 is 0 Å². The molecule has 0 saturated heterocycles. The van der Waals surface area contributed by atoms with E-state index in [2.05, 4.69) is 153 Å². The quantitative estimate of drug-likeness (QED) is 0.0631. The van der Waals surface area contributed by atoms with Gasteiger partial charge in [-0.2, -0.15) is 0 Å². The lowest BCUT2D eigenvalue weighted by Gasteiger charge is -2.13. The molecule has 9 aromatic rings. The molecule has 0 bridgehead atoms. The van der Waals surface area contributed by atoms with Crippen molar-refractivity contribution in [3.63, 3.8) is 0 Å². The summed E-state index contributed by atoms with van der Waals surface area (Å²) in [5.41, 5.74) is 7.66. The molecule has 0 aliphatic carbocycles. The number of hydrogen-bond acceptors (Lipinski definition) is 2. The molecule has 0 aliphatic heterocycles. The van der Waals surface area contributed by atoms with Crippen molar-refractivity contribution in [2.45, 2.75) is 13.0 Å². The van der Waals surface area contributed by atoms with Crippen LogP contribution in [0.15, 0.2) is 214 Å². The number of rotatable bonds is 9. The van der Waals surface area contributed by atoms with E-state index in [4.69, 9.17) is 19.4 Å². The highest BCUT2D eigenvalue weighted by Crippen LogP contribution is 2.38. The van der Waals surface area contributed by atoms with Crippen LogP contribution in [0.25, 0.3) is 65.4 Å². The van der Waals surface area contributed by atoms with E-state index in [1.165, 1.54) is 27.1 Å². The van der Waals surface area contributed by atoms with Crippen molar-refractivity contribution < 1.29 is 4.42 Å². The number of hydrogen-bond donors (Lipinski definition) is 0. The Bertz CT molecular complexity index is 3100. The minimum absolute atomic E-state index is 0.423. The van der Waals surface area contributed by atoms with Crippen LogP contribution in [0.2, 0.25) is 0 Å². The second-order valence-corrected chi connectivity index (χ2v) is 14.0. The highest BCUT2D eigenvalue weighted by molar-refractivity contribution is 6.25. The van der Waals surface area contributed by atoms with Gasteiger partial charge < -0.3 is 4.42 Å². The Hall–Kier alpha value is -7.43. The summed E-state index contributed by atoms with van der Waals surface area (Å²) in [6, 6.07) is 55.0. The monoisotopic (exact) mass is 733 g/mol. The summed E-state index contributed by atoms with van der Waals surface area (Å²) in [6.07, 6.45) is 10.7. The fourth-order valence-electron chi connectivity index (χ4n) is 7.75. The maximum Gasteiger partial charge on any atom is 0.162 e. The first-order valence-electron chi connectivity index (χ1n) is 19.1. The van der Waals surface area contributed by atoms with Gasteiger partial charge in [0.15, 0.2) is 11.7 Å². The Kier molecular flexibility index (Phi) is 9.74. The van der Waals surface area contributed by atoms with E-state index >= 15 is 0 Å². The molecule has 0 radical (unpaired) electrons. The molecule has 0 unspecified atom stereocenters. The zero-order valence-corrected chi connectivity index (χ0v) is 31.5. The molecule has 0 atom stereocenters. The Morgan fingerprint density at radius 3 is 2.11 bits per heavy atom. The van der Waals surface area contributed by atoms with Crippen molar-refractivity contribution in [1.82, 2.24) is 0 Å². The van der Waals surface area contributed by atoms with Crippen molar-refractivity contribution in [1.29, 1.82) is 0 Å². The summed E-state index contributed by atoms with van der Waals surface area (Å²) in [4.78, 5) is 15.4.